The van der Waals surface area contributed by atoms with Crippen molar-refractivity contribution in [3.8, 4) is 0 Å². The minimum absolute atomic E-state index is 0.192. The van der Waals surface area contributed by atoms with E-state index in [1.165, 1.54) is 0 Å². The van der Waals surface area contributed by atoms with Crippen LogP contribution in [0.25, 0.3) is 0 Å². The van der Waals surface area contributed by atoms with Crippen molar-refractivity contribution in [2.45, 2.75) is 20.0 Å². The van der Waals surface area contributed by atoms with Gasteiger partial charge in [0.2, 0.25) is 0 Å². The van der Waals surface area contributed by atoms with E-state index in [1.54, 1.807) is 6.92 Å². The highest BCUT2D eigenvalue weighted by Crippen LogP contribution is 2.04. The zero-order chi connectivity index (χ0) is 13.4. The van der Waals surface area contributed by atoms with Gasteiger partial charge in [0.1, 0.15) is 6.61 Å². The monoisotopic (exact) mass is 257 g/mol. The quantitative estimate of drug-likeness (QED) is 0.761. The average Bonchev–Trinajstić information content (AvgIpc) is 2.36. The van der Waals surface area contributed by atoms with Crippen molar-refractivity contribution in [1.29, 1.82) is 0 Å². The second-order valence-corrected chi connectivity index (χ2v) is 4.04. The van der Waals surface area contributed by atoms with Crippen molar-refractivity contribution in [3.05, 3.63) is 35.9 Å². The molecule has 100 valence electrons. The minimum atomic E-state index is -2.41. The fourth-order valence-electron chi connectivity index (χ4n) is 1.36. The standard InChI is InChI=1S/C13H17F2NO2/c1-10(7-16-8-12(14)15)13(17)18-9-11-5-3-2-4-6-11/h2-6,10,12,16H,7-9H2,1H3. The Hall–Kier alpha value is -1.49. The van der Waals surface area contributed by atoms with Crippen molar-refractivity contribution in [2.24, 2.45) is 5.92 Å². The summed E-state index contributed by atoms with van der Waals surface area (Å²) < 4.78 is 28.8. The molecule has 3 nitrogen and oxygen atoms in total. The summed E-state index contributed by atoms with van der Waals surface area (Å²) >= 11 is 0. The van der Waals surface area contributed by atoms with Crippen molar-refractivity contribution < 1.29 is 18.3 Å². The summed E-state index contributed by atoms with van der Waals surface area (Å²) in [5.74, 6) is -0.826. The van der Waals surface area contributed by atoms with Crippen LogP contribution in [0.4, 0.5) is 8.78 Å². The Kier molecular flexibility index (Phi) is 6.28. The molecule has 18 heavy (non-hydrogen) atoms. The predicted molar refractivity (Wildman–Crippen MR) is 64.3 cm³/mol. The molecule has 0 heterocycles. The van der Waals surface area contributed by atoms with E-state index in [0.29, 0.717) is 0 Å². The average molecular weight is 257 g/mol. The van der Waals surface area contributed by atoms with Gasteiger partial charge in [-0.15, -0.1) is 0 Å². The fourth-order valence-corrected chi connectivity index (χ4v) is 1.36. The summed E-state index contributed by atoms with van der Waals surface area (Å²) in [4.78, 5) is 11.5. The summed E-state index contributed by atoms with van der Waals surface area (Å²) in [7, 11) is 0. The first-order valence-corrected chi connectivity index (χ1v) is 5.79. The van der Waals surface area contributed by atoms with E-state index in [-0.39, 0.29) is 19.1 Å². The third kappa shape index (κ3) is 5.72. The van der Waals surface area contributed by atoms with Crippen LogP contribution < -0.4 is 5.32 Å². The number of alkyl halides is 2. The van der Waals surface area contributed by atoms with Gasteiger partial charge in [0.25, 0.3) is 6.43 Å². The zero-order valence-corrected chi connectivity index (χ0v) is 10.2. The van der Waals surface area contributed by atoms with Gasteiger partial charge in [0.05, 0.1) is 12.5 Å². The highest BCUT2D eigenvalue weighted by atomic mass is 19.3. The molecule has 0 radical (unpaired) electrons. The Balaban J connectivity index is 2.23. The van der Waals surface area contributed by atoms with Crippen molar-refractivity contribution in [3.63, 3.8) is 0 Å². The van der Waals surface area contributed by atoms with Crippen LogP contribution in [-0.4, -0.2) is 25.5 Å². The van der Waals surface area contributed by atoms with Gasteiger partial charge in [0.15, 0.2) is 0 Å². The summed E-state index contributed by atoms with van der Waals surface area (Å²) in [6.07, 6.45) is -2.41. The second kappa shape index (κ2) is 7.76. The number of carbonyl (C=O) groups excluding carboxylic acids is 1. The lowest BCUT2D eigenvalue weighted by Crippen LogP contribution is -2.30. The molecule has 0 amide bonds. The smallest absolute Gasteiger partial charge is 0.310 e. The molecule has 1 aromatic carbocycles. The molecular weight excluding hydrogens is 240 g/mol. The maximum atomic E-state index is 11.9. The van der Waals surface area contributed by atoms with Gasteiger partial charge in [-0.05, 0) is 5.56 Å². The Morgan fingerprint density at radius 2 is 1.94 bits per heavy atom. The predicted octanol–water partition coefficient (Wildman–Crippen LogP) is 2.22. The maximum Gasteiger partial charge on any atom is 0.310 e. The molecule has 1 aromatic rings. The number of benzene rings is 1. The number of hydrogen-bond acceptors (Lipinski definition) is 3. The fraction of sp³-hybridized carbons (Fsp3) is 0.462. The number of hydrogen-bond donors (Lipinski definition) is 1. The van der Waals surface area contributed by atoms with Crippen molar-refractivity contribution >= 4 is 5.97 Å². The SMILES string of the molecule is CC(CNCC(F)F)C(=O)OCc1ccccc1. The lowest BCUT2D eigenvalue weighted by molar-refractivity contribution is -0.149. The lowest BCUT2D eigenvalue weighted by atomic mass is 10.2. The molecule has 0 fully saturated rings. The van der Waals surface area contributed by atoms with Crippen LogP contribution in [0.15, 0.2) is 30.3 Å². The first kappa shape index (κ1) is 14.6. The molecule has 0 saturated heterocycles. The maximum absolute atomic E-state index is 11.9. The molecule has 1 unspecified atom stereocenters. The second-order valence-electron chi connectivity index (χ2n) is 4.04. The van der Waals surface area contributed by atoms with Crippen LogP contribution in [0.2, 0.25) is 0 Å². The molecule has 5 heteroatoms. The Morgan fingerprint density at radius 3 is 2.56 bits per heavy atom. The largest absolute Gasteiger partial charge is 0.461 e. The highest BCUT2D eigenvalue weighted by molar-refractivity contribution is 5.72. The van der Waals surface area contributed by atoms with Crippen LogP contribution in [0.5, 0.6) is 0 Å². The van der Waals surface area contributed by atoms with Gasteiger partial charge < -0.3 is 10.1 Å². The number of halogens is 2. The molecule has 1 rings (SSSR count). The van der Waals surface area contributed by atoms with Gasteiger partial charge in [0, 0.05) is 6.54 Å². The summed E-state index contributed by atoms with van der Waals surface area (Å²) in [5, 5.41) is 2.51. The summed E-state index contributed by atoms with van der Waals surface area (Å²) in [6.45, 7) is 1.64. The van der Waals surface area contributed by atoms with E-state index in [1.807, 2.05) is 30.3 Å². The van der Waals surface area contributed by atoms with Crippen LogP contribution in [-0.2, 0) is 16.1 Å². The van der Waals surface area contributed by atoms with Gasteiger partial charge in [-0.3, -0.25) is 4.79 Å². The first-order chi connectivity index (χ1) is 8.59. The molecule has 0 saturated carbocycles. The topological polar surface area (TPSA) is 38.3 Å². The number of carbonyl (C=O) groups is 1. The minimum Gasteiger partial charge on any atom is -0.461 e. The highest BCUT2D eigenvalue weighted by Gasteiger charge is 2.14. The van der Waals surface area contributed by atoms with Gasteiger partial charge in [-0.1, -0.05) is 37.3 Å². The first-order valence-electron chi connectivity index (χ1n) is 5.79. The molecule has 0 aromatic heterocycles. The van der Waals surface area contributed by atoms with Gasteiger partial charge in [-0.2, -0.15) is 0 Å². The molecular formula is C13H17F2NO2. The van der Waals surface area contributed by atoms with E-state index in [4.69, 9.17) is 4.74 Å². The number of nitrogens with one attached hydrogen (secondary N) is 1. The van der Waals surface area contributed by atoms with Gasteiger partial charge in [-0.25, -0.2) is 8.78 Å². The third-order valence-corrected chi connectivity index (χ3v) is 2.38. The molecule has 0 spiro atoms. The van der Waals surface area contributed by atoms with Crippen molar-refractivity contribution in [2.75, 3.05) is 13.1 Å². The number of rotatable bonds is 7. The van der Waals surface area contributed by atoms with E-state index < -0.39 is 18.9 Å². The van der Waals surface area contributed by atoms with Gasteiger partial charge >= 0.3 is 5.97 Å². The van der Waals surface area contributed by atoms with E-state index >= 15 is 0 Å². The Morgan fingerprint density at radius 1 is 1.28 bits per heavy atom. The van der Waals surface area contributed by atoms with Crippen molar-refractivity contribution in [1.82, 2.24) is 5.32 Å². The normalized spacial score (nSPS) is 12.4. The molecule has 1 atom stereocenters. The Labute approximate surface area is 105 Å². The molecule has 0 aliphatic heterocycles. The third-order valence-electron chi connectivity index (χ3n) is 2.38. The van der Waals surface area contributed by atoms with E-state index in [0.717, 1.165) is 5.56 Å². The molecule has 0 bridgehead atoms. The zero-order valence-electron chi connectivity index (χ0n) is 10.2. The van der Waals surface area contributed by atoms with E-state index in [2.05, 4.69) is 5.32 Å². The van der Waals surface area contributed by atoms with Crippen LogP contribution in [0.3, 0.4) is 0 Å². The van der Waals surface area contributed by atoms with Crippen LogP contribution in [0.1, 0.15) is 12.5 Å². The summed E-state index contributed by atoms with van der Waals surface area (Å²) in [6, 6.07) is 9.30. The van der Waals surface area contributed by atoms with Crippen LogP contribution in [0, 0.1) is 5.92 Å². The van der Waals surface area contributed by atoms with Crippen LogP contribution >= 0.6 is 0 Å². The summed E-state index contributed by atoms with van der Waals surface area (Å²) in [5.41, 5.74) is 0.901. The number of ether oxygens (including phenoxy) is 1. The Bertz CT molecular complexity index is 357. The lowest BCUT2D eigenvalue weighted by Gasteiger charge is -2.12. The molecule has 0 aliphatic rings. The molecule has 0 aliphatic carbocycles. The number of esters is 1. The molecule has 1 N–H and O–H groups in total. The van der Waals surface area contributed by atoms with E-state index in [9.17, 15) is 13.6 Å².